The molecule has 162 valence electrons. The maximum Gasteiger partial charge on any atom is 0.257 e. The van der Waals surface area contributed by atoms with Gasteiger partial charge in [0.05, 0.1) is 17.4 Å². The van der Waals surface area contributed by atoms with Gasteiger partial charge < -0.3 is 19.1 Å². The van der Waals surface area contributed by atoms with Crippen LogP contribution < -0.4 is 4.74 Å². The van der Waals surface area contributed by atoms with Crippen molar-refractivity contribution in [2.45, 2.75) is 32.6 Å². The standard InChI is InChI=1S/C26H25N3O3/c1-18-7-6-13-28-16-20(27-25(18)28)17-32-24-11-5-4-10-22(24)26(31)29-14-12-23(30)21-9-3-2-8-19(21)15-29/h2-11,13,16,23,30H,12,14-15,17H2,1H3/t23-/m1/s1. The number of hydrogen-bond acceptors (Lipinski definition) is 4. The second kappa shape index (κ2) is 8.48. The number of nitrogens with zero attached hydrogens (tertiary/aromatic N) is 3. The molecule has 6 heteroatoms. The Balaban J connectivity index is 1.37. The van der Waals surface area contributed by atoms with Crippen LogP contribution in [0, 0.1) is 6.92 Å². The minimum atomic E-state index is -0.561. The molecular weight excluding hydrogens is 402 g/mol. The second-order valence-electron chi connectivity index (χ2n) is 8.17. The number of benzene rings is 2. The summed E-state index contributed by atoms with van der Waals surface area (Å²) in [7, 11) is 0. The third kappa shape index (κ3) is 3.85. The number of hydrogen-bond donors (Lipinski definition) is 1. The van der Waals surface area contributed by atoms with Gasteiger partial charge in [0.15, 0.2) is 0 Å². The summed E-state index contributed by atoms with van der Waals surface area (Å²) >= 11 is 0. The summed E-state index contributed by atoms with van der Waals surface area (Å²) in [6, 6.07) is 19.1. The molecule has 2 aromatic carbocycles. The number of fused-ring (bicyclic) bond motifs is 2. The van der Waals surface area contributed by atoms with Gasteiger partial charge >= 0.3 is 0 Å². The quantitative estimate of drug-likeness (QED) is 0.527. The zero-order chi connectivity index (χ0) is 22.1. The van der Waals surface area contributed by atoms with Crippen molar-refractivity contribution in [1.29, 1.82) is 0 Å². The largest absolute Gasteiger partial charge is 0.486 e. The first-order valence-electron chi connectivity index (χ1n) is 10.8. The van der Waals surface area contributed by atoms with Crippen molar-refractivity contribution in [3.63, 3.8) is 0 Å². The third-order valence-electron chi connectivity index (χ3n) is 5.96. The van der Waals surface area contributed by atoms with Crippen LogP contribution in [-0.2, 0) is 13.2 Å². The lowest BCUT2D eigenvalue weighted by molar-refractivity contribution is 0.0718. The van der Waals surface area contributed by atoms with Crippen LogP contribution in [-0.4, -0.2) is 31.8 Å². The minimum Gasteiger partial charge on any atom is -0.486 e. The van der Waals surface area contributed by atoms with E-state index in [0.29, 0.717) is 30.8 Å². The van der Waals surface area contributed by atoms with E-state index in [1.807, 2.05) is 78.3 Å². The number of aliphatic hydroxyl groups excluding tert-OH is 1. The van der Waals surface area contributed by atoms with E-state index in [9.17, 15) is 9.90 Å². The summed E-state index contributed by atoms with van der Waals surface area (Å²) in [4.78, 5) is 19.9. The molecule has 4 aromatic rings. The Morgan fingerprint density at radius 1 is 1.12 bits per heavy atom. The average molecular weight is 428 g/mol. The number of imidazole rings is 1. The zero-order valence-corrected chi connectivity index (χ0v) is 17.9. The Morgan fingerprint density at radius 3 is 2.81 bits per heavy atom. The molecule has 1 amide bonds. The first kappa shape index (κ1) is 20.3. The number of ether oxygens (including phenoxy) is 1. The number of carbonyl (C=O) groups excluding carboxylic acids is 1. The molecule has 0 unspecified atom stereocenters. The lowest BCUT2D eigenvalue weighted by atomic mass is 10.0. The highest BCUT2D eigenvalue weighted by atomic mass is 16.5. The number of para-hydroxylation sites is 1. The van der Waals surface area contributed by atoms with Crippen molar-refractivity contribution < 1.29 is 14.6 Å². The number of rotatable bonds is 4. The van der Waals surface area contributed by atoms with Crippen LogP contribution in [0.25, 0.3) is 5.65 Å². The van der Waals surface area contributed by atoms with Crippen LogP contribution in [0.5, 0.6) is 5.75 Å². The molecule has 0 radical (unpaired) electrons. The van der Waals surface area contributed by atoms with E-state index in [2.05, 4.69) is 4.98 Å². The molecular formula is C26H25N3O3. The molecule has 1 atom stereocenters. The van der Waals surface area contributed by atoms with E-state index in [-0.39, 0.29) is 12.5 Å². The Morgan fingerprint density at radius 2 is 1.94 bits per heavy atom. The van der Waals surface area contributed by atoms with E-state index in [0.717, 1.165) is 28.0 Å². The molecule has 0 spiro atoms. The third-order valence-corrected chi connectivity index (χ3v) is 5.96. The normalized spacial score (nSPS) is 15.9. The summed E-state index contributed by atoms with van der Waals surface area (Å²) in [6.07, 6.45) is 3.85. The van der Waals surface area contributed by atoms with E-state index in [4.69, 9.17) is 4.74 Å². The molecule has 1 aliphatic heterocycles. The van der Waals surface area contributed by atoms with Crippen LogP contribution in [0.4, 0.5) is 0 Å². The predicted octanol–water partition coefficient (Wildman–Crippen LogP) is 4.30. The molecule has 0 aliphatic carbocycles. The summed E-state index contributed by atoms with van der Waals surface area (Å²) < 4.78 is 8.03. The van der Waals surface area contributed by atoms with Gasteiger partial charge in [0, 0.05) is 25.5 Å². The van der Waals surface area contributed by atoms with Gasteiger partial charge in [-0.25, -0.2) is 4.98 Å². The van der Waals surface area contributed by atoms with Crippen LogP contribution in [0.15, 0.2) is 73.1 Å². The van der Waals surface area contributed by atoms with Gasteiger partial charge in [-0.05, 0) is 48.2 Å². The molecule has 0 saturated heterocycles. The lowest BCUT2D eigenvalue weighted by Gasteiger charge is -2.22. The zero-order valence-electron chi connectivity index (χ0n) is 17.9. The van der Waals surface area contributed by atoms with Crippen molar-refractivity contribution in [3.05, 3.63) is 101 Å². The Bertz CT molecular complexity index is 1280. The number of amides is 1. The monoisotopic (exact) mass is 427 g/mol. The summed E-state index contributed by atoms with van der Waals surface area (Å²) in [6.45, 7) is 3.24. The van der Waals surface area contributed by atoms with Crippen LogP contribution in [0.3, 0.4) is 0 Å². The van der Waals surface area contributed by atoms with Crippen LogP contribution >= 0.6 is 0 Å². The smallest absolute Gasteiger partial charge is 0.257 e. The van der Waals surface area contributed by atoms with Gasteiger partial charge in [-0.15, -0.1) is 0 Å². The van der Waals surface area contributed by atoms with Crippen molar-refractivity contribution in [2.24, 2.45) is 0 Å². The highest BCUT2D eigenvalue weighted by molar-refractivity contribution is 5.97. The Hall–Kier alpha value is -3.64. The van der Waals surface area contributed by atoms with Gasteiger partial charge in [0.25, 0.3) is 5.91 Å². The molecule has 1 N–H and O–H groups in total. The van der Waals surface area contributed by atoms with E-state index in [1.54, 1.807) is 11.0 Å². The van der Waals surface area contributed by atoms with Gasteiger partial charge in [0.1, 0.15) is 18.0 Å². The molecule has 5 rings (SSSR count). The van der Waals surface area contributed by atoms with Crippen molar-refractivity contribution >= 4 is 11.6 Å². The fraction of sp³-hybridized carbons (Fsp3) is 0.231. The number of aliphatic hydroxyl groups is 1. The summed E-state index contributed by atoms with van der Waals surface area (Å²) in [5.74, 6) is 0.430. The molecule has 32 heavy (non-hydrogen) atoms. The van der Waals surface area contributed by atoms with Crippen LogP contribution in [0.1, 0.15) is 45.3 Å². The topological polar surface area (TPSA) is 67.1 Å². The predicted molar refractivity (Wildman–Crippen MR) is 121 cm³/mol. The number of aryl methyl sites for hydroxylation is 1. The molecule has 2 aromatic heterocycles. The highest BCUT2D eigenvalue weighted by Crippen LogP contribution is 2.29. The summed E-state index contributed by atoms with van der Waals surface area (Å²) in [5, 5.41) is 10.5. The average Bonchev–Trinajstić information content (AvgIpc) is 3.17. The van der Waals surface area contributed by atoms with Gasteiger partial charge in [-0.3, -0.25) is 4.79 Å². The van der Waals surface area contributed by atoms with Crippen molar-refractivity contribution in [1.82, 2.24) is 14.3 Å². The Kier molecular flexibility index (Phi) is 5.37. The maximum absolute atomic E-state index is 13.4. The lowest BCUT2D eigenvalue weighted by Crippen LogP contribution is -2.31. The van der Waals surface area contributed by atoms with Gasteiger partial charge in [-0.2, -0.15) is 0 Å². The highest BCUT2D eigenvalue weighted by Gasteiger charge is 2.26. The Labute approximate surface area is 186 Å². The molecule has 3 heterocycles. The van der Waals surface area contributed by atoms with E-state index < -0.39 is 6.10 Å². The first-order chi connectivity index (χ1) is 15.6. The number of pyridine rings is 1. The number of aromatic nitrogens is 2. The fourth-order valence-corrected chi connectivity index (χ4v) is 4.26. The summed E-state index contributed by atoms with van der Waals surface area (Å²) in [5.41, 5.74) is 5.18. The molecule has 1 aliphatic rings. The van der Waals surface area contributed by atoms with Gasteiger partial charge in [-0.1, -0.05) is 42.5 Å². The first-order valence-corrected chi connectivity index (χ1v) is 10.8. The minimum absolute atomic E-state index is 0.102. The number of carbonyl (C=O) groups is 1. The van der Waals surface area contributed by atoms with E-state index >= 15 is 0 Å². The van der Waals surface area contributed by atoms with Crippen molar-refractivity contribution in [2.75, 3.05) is 6.54 Å². The van der Waals surface area contributed by atoms with Crippen molar-refractivity contribution in [3.8, 4) is 5.75 Å². The SMILES string of the molecule is Cc1cccn2cc(COc3ccccc3C(=O)N3CC[C@@H](O)c4ccccc4C3)nc12. The second-order valence-corrected chi connectivity index (χ2v) is 8.17. The van der Waals surface area contributed by atoms with E-state index in [1.165, 1.54) is 0 Å². The maximum atomic E-state index is 13.4. The fourth-order valence-electron chi connectivity index (χ4n) is 4.26. The molecule has 6 nitrogen and oxygen atoms in total. The van der Waals surface area contributed by atoms with Gasteiger partial charge in [0.2, 0.25) is 0 Å². The molecule has 0 bridgehead atoms. The molecule has 0 fully saturated rings. The molecule has 0 saturated carbocycles. The van der Waals surface area contributed by atoms with Crippen LogP contribution in [0.2, 0.25) is 0 Å².